The molecule has 0 radical (unpaired) electrons. The standard InChI is InChI=1S/C11H14N2O/c1-3-13-8-12-10-6-5-9(14-4-2)7-11(10)13/h5-8H,3-4H2,1-2H3. The molecule has 0 N–H and O–H groups in total. The SMILES string of the molecule is CCOc1ccc2ncn(CC)c2c1. The van der Waals surface area contributed by atoms with Crippen molar-refractivity contribution in [2.24, 2.45) is 0 Å². The molecule has 1 aromatic carbocycles. The van der Waals surface area contributed by atoms with Gasteiger partial charge in [-0.15, -0.1) is 0 Å². The molecule has 2 rings (SSSR count). The van der Waals surface area contributed by atoms with E-state index in [0.717, 1.165) is 23.3 Å². The Morgan fingerprint density at radius 3 is 2.93 bits per heavy atom. The third-order valence-corrected chi connectivity index (χ3v) is 2.24. The Labute approximate surface area is 83.3 Å². The lowest BCUT2D eigenvalue weighted by atomic mass is 10.3. The Morgan fingerprint density at radius 1 is 1.36 bits per heavy atom. The molecule has 3 heteroatoms. The number of ether oxygens (including phenoxy) is 1. The highest BCUT2D eigenvalue weighted by atomic mass is 16.5. The van der Waals surface area contributed by atoms with Crippen LogP contribution in [0.1, 0.15) is 13.8 Å². The quantitative estimate of drug-likeness (QED) is 0.743. The number of nitrogens with zero attached hydrogens (tertiary/aromatic N) is 2. The van der Waals surface area contributed by atoms with E-state index in [9.17, 15) is 0 Å². The lowest BCUT2D eigenvalue weighted by molar-refractivity contribution is 0.340. The third kappa shape index (κ3) is 1.45. The maximum atomic E-state index is 5.44. The highest BCUT2D eigenvalue weighted by Gasteiger charge is 2.02. The van der Waals surface area contributed by atoms with Crippen LogP contribution < -0.4 is 4.74 Å². The van der Waals surface area contributed by atoms with Gasteiger partial charge in [0.25, 0.3) is 0 Å². The molecule has 1 aromatic heterocycles. The fourth-order valence-electron chi connectivity index (χ4n) is 1.54. The van der Waals surface area contributed by atoms with Crippen LogP contribution in [-0.4, -0.2) is 16.2 Å². The molecule has 0 aliphatic heterocycles. The Balaban J connectivity index is 2.50. The number of aromatic nitrogens is 2. The Kier molecular flexibility index (Phi) is 2.39. The van der Waals surface area contributed by atoms with E-state index >= 15 is 0 Å². The van der Waals surface area contributed by atoms with Crippen molar-refractivity contribution < 1.29 is 4.74 Å². The third-order valence-electron chi connectivity index (χ3n) is 2.24. The van der Waals surface area contributed by atoms with Crippen LogP contribution in [0, 0.1) is 0 Å². The molecule has 0 saturated carbocycles. The van der Waals surface area contributed by atoms with Crippen LogP contribution in [0.3, 0.4) is 0 Å². The van der Waals surface area contributed by atoms with Gasteiger partial charge in [0, 0.05) is 12.6 Å². The summed E-state index contributed by atoms with van der Waals surface area (Å²) in [7, 11) is 0. The molecule has 0 bridgehead atoms. The molecule has 3 nitrogen and oxygen atoms in total. The lowest BCUT2D eigenvalue weighted by Crippen LogP contribution is -1.93. The van der Waals surface area contributed by atoms with Gasteiger partial charge in [-0.1, -0.05) is 0 Å². The second kappa shape index (κ2) is 3.70. The largest absolute Gasteiger partial charge is 0.494 e. The smallest absolute Gasteiger partial charge is 0.121 e. The van der Waals surface area contributed by atoms with Gasteiger partial charge < -0.3 is 9.30 Å². The van der Waals surface area contributed by atoms with Gasteiger partial charge in [-0.25, -0.2) is 4.98 Å². The number of hydrogen-bond acceptors (Lipinski definition) is 2. The van der Waals surface area contributed by atoms with Gasteiger partial charge in [-0.05, 0) is 26.0 Å². The molecule has 0 atom stereocenters. The average Bonchev–Trinajstić information content (AvgIpc) is 2.60. The second-order valence-corrected chi connectivity index (χ2v) is 3.11. The van der Waals surface area contributed by atoms with Crippen LogP contribution in [0.25, 0.3) is 11.0 Å². The second-order valence-electron chi connectivity index (χ2n) is 3.11. The van der Waals surface area contributed by atoms with Gasteiger partial charge in [0.05, 0.1) is 24.0 Å². The van der Waals surface area contributed by atoms with Crippen molar-refractivity contribution >= 4 is 11.0 Å². The van der Waals surface area contributed by atoms with Crippen molar-refractivity contribution in [2.75, 3.05) is 6.61 Å². The topological polar surface area (TPSA) is 27.1 Å². The first-order chi connectivity index (χ1) is 6.85. The zero-order chi connectivity index (χ0) is 9.97. The average molecular weight is 190 g/mol. The number of hydrogen-bond donors (Lipinski definition) is 0. The molecule has 2 aromatic rings. The summed E-state index contributed by atoms with van der Waals surface area (Å²) in [6.45, 7) is 5.73. The van der Waals surface area contributed by atoms with Crippen LogP contribution in [0.2, 0.25) is 0 Å². The first-order valence-electron chi connectivity index (χ1n) is 4.92. The normalized spacial score (nSPS) is 10.7. The number of fused-ring (bicyclic) bond motifs is 1. The van der Waals surface area contributed by atoms with Crippen molar-refractivity contribution in [3.8, 4) is 5.75 Å². The van der Waals surface area contributed by atoms with Gasteiger partial charge in [0.2, 0.25) is 0 Å². The summed E-state index contributed by atoms with van der Waals surface area (Å²) in [5.41, 5.74) is 2.16. The summed E-state index contributed by atoms with van der Waals surface area (Å²) in [5, 5.41) is 0. The summed E-state index contributed by atoms with van der Waals surface area (Å²) in [6, 6.07) is 5.99. The zero-order valence-electron chi connectivity index (χ0n) is 8.53. The predicted molar refractivity (Wildman–Crippen MR) is 56.6 cm³/mol. The Bertz CT molecular complexity index is 434. The molecular weight excluding hydrogens is 176 g/mol. The zero-order valence-corrected chi connectivity index (χ0v) is 8.53. The number of imidazole rings is 1. The monoisotopic (exact) mass is 190 g/mol. The summed E-state index contributed by atoms with van der Waals surface area (Å²) >= 11 is 0. The minimum atomic E-state index is 0.700. The highest BCUT2D eigenvalue weighted by molar-refractivity contribution is 5.76. The van der Waals surface area contributed by atoms with Crippen molar-refractivity contribution in [2.45, 2.75) is 20.4 Å². The predicted octanol–water partition coefficient (Wildman–Crippen LogP) is 2.45. The van der Waals surface area contributed by atoms with Crippen molar-refractivity contribution in [1.29, 1.82) is 0 Å². The maximum absolute atomic E-state index is 5.44. The fraction of sp³-hybridized carbons (Fsp3) is 0.364. The fourth-order valence-corrected chi connectivity index (χ4v) is 1.54. The maximum Gasteiger partial charge on any atom is 0.121 e. The van der Waals surface area contributed by atoms with E-state index in [1.165, 1.54) is 0 Å². The van der Waals surface area contributed by atoms with E-state index in [0.29, 0.717) is 6.61 Å². The number of aryl methyl sites for hydroxylation is 1. The van der Waals surface area contributed by atoms with Crippen LogP contribution in [0.4, 0.5) is 0 Å². The molecule has 0 aliphatic rings. The molecule has 0 fully saturated rings. The molecule has 0 amide bonds. The minimum absolute atomic E-state index is 0.700. The first-order valence-corrected chi connectivity index (χ1v) is 4.92. The van der Waals surface area contributed by atoms with Crippen molar-refractivity contribution in [3.05, 3.63) is 24.5 Å². The molecule has 0 unspecified atom stereocenters. The van der Waals surface area contributed by atoms with Gasteiger partial charge in [-0.3, -0.25) is 0 Å². The Morgan fingerprint density at radius 2 is 2.21 bits per heavy atom. The van der Waals surface area contributed by atoms with Gasteiger partial charge in [0.1, 0.15) is 5.75 Å². The summed E-state index contributed by atoms with van der Waals surface area (Å²) in [6.07, 6.45) is 1.86. The number of benzene rings is 1. The lowest BCUT2D eigenvalue weighted by Gasteiger charge is -2.03. The van der Waals surface area contributed by atoms with E-state index in [1.54, 1.807) is 0 Å². The molecule has 0 spiro atoms. The summed E-state index contributed by atoms with van der Waals surface area (Å²) in [4.78, 5) is 4.30. The van der Waals surface area contributed by atoms with E-state index in [1.807, 2.05) is 31.5 Å². The minimum Gasteiger partial charge on any atom is -0.494 e. The van der Waals surface area contributed by atoms with Gasteiger partial charge in [-0.2, -0.15) is 0 Å². The van der Waals surface area contributed by atoms with Crippen molar-refractivity contribution in [3.63, 3.8) is 0 Å². The Hall–Kier alpha value is -1.51. The van der Waals surface area contributed by atoms with E-state index in [-0.39, 0.29) is 0 Å². The molecule has 74 valence electrons. The van der Waals surface area contributed by atoms with Crippen LogP contribution in [0.5, 0.6) is 5.75 Å². The first kappa shape index (κ1) is 9.06. The van der Waals surface area contributed by atoms with Crippen LogP contribution in [0.15, 0.2) is 24.5 Å². The molecular formula is C11H14N2O. The molecule has 1 heterocycles. The summed E-state index contributed by atoms with van der Waals surface area (Å²) in [5.74, 6) is 0.912. The molecule has 0 aliphatic carbocycles. The molecule has 0 saturated heterocycles. The van der Waals surface area contributed by atoms with E-state index in [4.69, 9.17) is 4.74 Å². The van der Waals surface area contributed by atoms with Crippen molar-refractivity contribution in [1.82, 2.24) is 9.55 Å². The molecule has 14 heavy (non-hydrogen) atoms. The van der Waals surface area contributed by atoms with Crippen LogP contribution in [-0.2, 0) is 6.54 Å². The van der Waals surface area contributed by atoms with Gasteiger partial charge >= 0.3 is 0 Å². The van der Waals surface area contributed by atoms with Gasteiger partial charge in [0.15, 0.2) is 0 Å². The highest BCUT2D eigenvalue weighted by Crippen LogP contribution is 2.19. The van der Waals surface area contributed by atoms with E-state index in [2.05, 4.69) is 16.5 Å². The van der Waals surface area contributed by atoms with Crippen LogP contribution >= 0.6 is 0 Å². The summed E-state index contributed by atoms with van der Waals surface area (Å²) < 4.78 is 7.55. The number of rotatable bonds is 3. The van der Waals surface area contributed by atoms with E-state index < -0.39 is 0 Å².